The molecule has 17 heavy (non-hydrogen) atoms. The summed E-state index contributed by atoms with van der Waals surface area (Å²) in [7, 11) is 0. The van der Waals surface area contributed by atoms with Gasteiger partial charge in [-0.3, -0.25) is 4.98 Å². The van der Waals surface area contributed by atoms with Gasteiger partial charge < -0.3 is 5.32 Å². The Morgan fingerprint density at radius 2 is 2.29 bits per heavy atom. The molecule has 0 amide bonds. The molecule has 0 aliphatic carbocycles. The van der Waals surface area contributed by atoms with Crippen LogP contribution in [0.1, 0.15) is 13.3 Å². The van der Waals surface area contributed by atoms with Gasteiger partial charge in [-0.15, -0.1) is 0 Å². The standard InChI is InChI=1S/C13H12ClN3/c1-2-9(8-15)17-12-6-5-11(14)10-4-3-7-16-13(10)12/h3-7,9,17H,2H2,1H3. The number of pyridine rings is 1. The fourth-order valence-corrected chi connectivity index (χ4v) is 1.88. The predicted octanol–water partition coefficient (Wildman–Crippen LogP) is 3.60. The summed E-state index contributed by atoms with van der Waals surface area (Å²) in [6.45, 7) is 1.96. The van der Waals surface area contributed by atoms with Crippen molar-refractivity contribution in [3.05, 3.63) is 35.5 Å². The first kappa shape index (κ1) is 11.7. The van der Waals surface area contributed by atoms with E-state index >= 15 is 0 Å². The van der Waals surface area contributed by atoms with Crippen molar-refractivity contribution in [1.29, 1.82) is 5.26 Å². The molecule has 0 radical (unpaired) electrons. The quantitative estimate of drug-likeness (QED) is 0.899. The van der Waals surface area contributed by atoms with Crippen molar-refractivity contribution in [2.45, 2.75) is 19.4 Å². The molecular weight excluding hydrogens is 234 g/mol. The molecule has 0 aliphatic heterocycles. The van der Waals surface area contributed by atoms with Crippen LogP contribution in [0, 0.1) is 11.3 Å². The van der Waals surface area contributed by atoms with Gasteiger partial charge in [0.2, 0.25) is 0 Å². The summed E-state index contributed by atoms with van der Waals surface area (Å²) in [6.07, 6.45) is 2.46. The smallest absolute Gasteiger partial charge is 0.114 e. The third-order valence-electron chi connectivity index (χ3n) is 2.61. The summed E-state index contributed by atoms with van der Waals surface area (Å²) in [6, 6.07) is 9.44. The van der Waals surface area contributed by atoms with Crippen molar-refractivity contribution in [3.63, 3.8) is 0 Å². The van der Waals surface area contributed by atoms with Crippen LogP contribution in [0.5, 0.6) is 0 Å². The molecule has 2 rings (SSSR count). The minimum absolute atomic E-state index is 0.207. The van der Waals surface area contributed by atoms with Crippen LogP contribution in [-0.4, -0.2) is 11.0 Å². The van der Waals surface area contributed by atoms with Crippen LogP contribution >= 0.6 is 11.6 Å². The number of halogens is 1. The number of benzene rings is 1. The zero-order chi connectivity index (χ0) is 12.3. The number of hydrogen-bond acceptors (Lipinski definition) is 3. The Morgan fingerprint density at radius 1 is 1.47 bits per heavy atom. The van der Waals surface area contributed by atoms with E-state index in [1.807, 2.05) is 31.2 Å². The average molecular weight is 246 g/mol. The van der Waals surface area contributed by atoms with Crippen LogP contribution in [0.15, 0.2) is 30.5 Å². The van der Waals surface area contributed by atoms with Gasteiger partial charge in [0.15, 0.2) is 0 Å². The lowest BCUT2D eigenvalue weighted by Crippen LogP contribution is -2.15. The molecule has 2 aromatic rings. The second kappa shape index (κ2) is 5.03. The SMILES string of the molecule is CCC(C#N)Nc1ccc(Cl)c2cccnc12. The second-order valence-electron chi connectivity index (χ2n) is 3.73. The Kier molecular flexibility index (Phi) is 3.46. The number of aromatic nitrogens is 1. The van der Waals surface area contributed by atoms with Gasteiger partial charge in [0.1, 0.15) is 6.04 Å². The summed E-state index contributed by atoms with van der Waals surface area (Å²) in [5.41, 5.74) is 1.65. The number of fused-ring (bicyclic) bond motifs is 1. The van der Waals surface area contributed by atoms with Crippen molar-refractivity contribution < 1.29 is 0 Å². The van der Waals surface area contributed by atoms with Crippen molar-refractivity contribution in [3.8, 4) is 6.07 Å². The number of nitriles is 1. The predicted molar refractivity (Wildman–Crippen MR) is 70.1 cm³/mol. The molecule has 1 aromatic carbocycles. The normalized spacial score (nSPS) is 12.1. The largest absolute Gasteiger partial charge is 0.368 e. The third-order valence-corrected chi connectivity index (χ3v) is 2.94. The molecule has 0 fully saturated rings. The third kappa shape index (κ3) is 2.32. The maximum Gasteiger partial charge on any atom is 0.114 e. The highest BCUT2D eigenvalue weighted by molar-refractivity contribution is 6.35. The van der Waals surface area contributed by atoms with Crippen LogP contribution in [0.3, 0.4) is 0 Å². The first-order valence-electron chi connectivity index (χ1n) is 5.45. The second-order valence-corrected chi connectivity index (χ2v) is 4.14. The van der Waals surface area contributed by atoms with Crippen LogP contribution < -0.4 is 5.32 Å². The lowest BCUT2D eigenvalue weighted by atomic mass is 10.1. The highest BCUT2D eigenvalue weighted by atomic mass is 35.5. The number of hydrogen-bond donors (Lipinski definition) is 1. The summed E-state index contributed by atoms with van der Waals surface area (Å²) >= 11 is 6.10. The number of rotatable bonds is 3. The molecule has 1 heterocycles. The summed E-state index contributed by atoms with van der Waals surface area (Å²) in [4.78, 5) is 4.31. The van der Waals surface area contributed by atoms with Gasteiger partial charge in [-0.1, -0.05) is 18.5 Å². The molecule has 1 unspecified atom stereocenters. The van der Waals surface area contributed by atoms with E-state index in [4.69, 9.17) is 16.9 Å². The van der Waals surface area contributed by atoms with Gasteiger partial charge in [-0.2, -0.15) is 5.26 Å². The van der Waals surface area contributed by atoms with E-state index in [0.29, 0.717) is 5.02 Å². The van der Waals surface area contributed by atoms with E-state index in [9.17, 15) is 0 Å². The van der Waals surface area contributed by atoms with E-state index < -0.39 is 0 Å². The molecule has 0 spiro atoms. The number of nitrogens with zero attached hydrogens (tertiary/aromatic N) is 2. The van der Waals surface area contributed by atoms with E-state index in [-0.39, 0.29) is 6.04 Å². The molecule has 0 aliphatic rings. The molecule has 1 aromatic heterocycles. The Labute approximate surface area is 105 Å². The highest BCUT2D eigenvalue weighted by Crippen LogP contribution is 2.28. The lowest BCUT2D eigenvalue weighted by Gasteiger charge is -2.13. The molecule has 4 heteroatoms. The Morgan fingerprint density at radius 3 is 3.00 bits per heavy atom. The Balaban J connectivity index is 2.49. The fourth-order valence-electron chi connectivity index (χ4n) is 1.67. The average Bonchev–Trinajstić information content (AvgIpc) is 2.38. The Hall–Kier alpha value is -1.79. The van der Waals surface area contributed by atoms with Crippen LogP contribution in [0.2, 0.25) is 5.02 Å². The monoisotopic (exact) mass is 245 g/mol. The first-order valence-corrected chi connectivity index (χ1v) is 5.83. The molecular formula is C13H12ClN3. The lowest BCUT2D eigenvalue weighted by molar-refractivity contribution is 0.846. The van der Waals surface area contributed by atoms with Crippen molar-refractivity contribution in [1.82, 2.24) is 4.98 Å². The molecule has 0 saturated carbocycles. The van der Waals surface area contributed by atoms with E-state index in [1.165, 1.54) is 0 Å². The maximum absolute atomic E-state index is 8.96. The molecule has 3 nitrogen and oxygen atoms in total. The summed E-state index contributed by atoms with van der Waals surface area (Å²) in [5.74, 6) is 0. The van der Waals surface area contributed by atoms with Gasteiger partial charge in [-0.25, -0.2) is 0 Å². The maximum atomic E-state index is 8.96. The zero-order valence-electron chi connectivity index (χ0n) is 9.44. The van der Waals surface area contributed by atoms with Gasteiger partial charge >= 0.3 is 0 Å². The fraction of sp³-hybridized carbons (Fsp3) is 0.231. The van der Waals surface area contributed by atoms with Crippen LogP contribution in [0.4, 0.5) is 5.69 Å². The zero-order valence-corrected chi connectivity index (χ0v) is 10.2. The summed E-state index contributed by atoms with van der Waals surface area (Å²) in [5, 5.41) is 13.7. The van der Waals surface area contributed by atoms with Crippen LogP contribution in [0.25, 0.3) is 10.9 Å². The minimum Gasteiger partial charge on any atom is -0.368 e. The van der Waals surface area contributed by atoms with E-state index in [1.54, 1.807) is 6.20 Å². The van der Waals surface area contributed by atoms with Crippen molar-refractivity contribution in [2.24, 2.45) is 0 Å². The Bertz CT molecular complexity index is 574. The number of anilines is 1. The van der Waals surface area contributed by atoms with Gasteiger partial charge in [-0.05, 0) is 30.7 Å². The van der Waals surface area contributed by atoms with Gasteiger partial charge in [0.25, 0.3) is 0 Å². The molecule has 1 N–H and O–H groups in total. The van der Waals surface area contributed by atoms with Gasteiger partial charge in [0, 0.05) is 11.6 Å². The van der Waals surface area contributed by atoms with E-state index in [2.05, 4.69) is 16.4 Å². The molecule has 1 atom stereocenters. The van der Waals surface area contributed by atoms with E-state index in [0.717, 1.165) is 23.0 Å². The summed E-state index contributed by atoms with van der Waals surface area (Å²) < 4.78 is 0. The minimum atomic E-state index is -0.207. The van der Waals surface area contributed by atoms with Crippen molar-refractivity contribution >= 4 is 28.2 Å². The van der Waals surface area contributed by atoms with Crippen LogP contribution in [-0.2, 0) is 0 Å². The highest BCUT2D eigenvalue weighted by Gasteiger charge is 2.09. The van der Waals surface area contributed by atoms with Gasteiger partial charge in [0.05, 0.1) is 22.3 Å². The molecule has 86 valence electrons. The number of nitrogens with one attached hydrogen (secondary N) is 1. The molecule has 0 bridgehead atoms. The first-order chi connectivity index (χ1) is 8.26. The molecule has 0 saturated heterocycles. The topological polar surface area (TPSA) is 48.7 Å². The van der Waals surface area contributed by atoms with Crippen molar-refractivity contribution in [2.75, 3.05) is 5.32 Å².